The van der Waals surface area contributed by atoms with Crippen LogP contribution in [-0.2, 0) is 0 Å². The lowest BCUT2D eigenvalue weighted by Gasteiger charge is -2.35. The number of piperazine rings is 1. The third-order valence-electron chi connectivity index (χ3n) is 2.86. The third kappa shape index (κ3) is 3.49. The van der Waals surface area contributed by atoms with Crippen molar-refractivity contribution in [3.63, 3.8) is 0 Å². The molecule has 0 atom stereocenters. The molecule has 1 N–H and O–H groups in total. The summed E-state index contributed by atoms with van der Waals surface area (Å²) in [5, 5.41) is 8.86. The van der Waals surface area contributed by atoms with Crippen LogP contribution in [-0.4, -0.2) is 54.3 Å². The Morgan fingerprint density at radius 1 is 1.29 bits per heavy atom. The number of pyridine rings is 1. The van der Waals surface area contributed by atoms with Gasteiger partial charge in [0.05, 0.1) is 6.61 Å². The molecule has 0 amide bonds. The molecular formula is C11H15FIN3O. The molecule has 0 saturated carbocycles. The Labute approximate surface area is 114 Å². The monoisotopic (exact) mass is 351 g/mol. The van der Waals surface area contributed by atoms with E-state index in [9.17, 15) is 4.39 Å². The van der Waals surface area contributed by atoms with Gasteiger partial charge in [0.15, 0.2) is 0 Å². The Bertz CT molecular complexity index is 363. The first kappa shape index (κ1) is 13.0. The first-order chi connectivity index (χ1) is 8.19. The van der Waals surface area contributed by atoms with Crippen LogP contribution in [0.1, 0.15) is 0 Å². The largest absolute Gasteiger partial charge is 0.395 e. The maximum Gasteiger partial charge on any atom is 0.215 e. The van der Waals surface area contributed by atoms with Gasteiger partial charge >= 0.3 is 0 Å². The minimum atomic E-state index is -0.426. The predicted octanol–water partition coefficient (Wildman–Crippen LogP) is 0.940. The van der Waals surface area contributed by atoms with Crippen molar-refractivity contribution in [1.29, 1.82) is 0 Å². The summed E-state index contributed by atoms with van der Waals surface area (Å²) in [4.78, 5) is 8.19. The van der Waals surface area contributed by atoms with E-state index in [0.717, 1.165) is 29.7 Å². The molecule has 1 saturated heterocycles. The average Bonchev–Trinajstić information content (AvgIpc) is 2.29. The number of hydrogen-bond donors (Lipinski definition) is 1. The van der Waals surface area contributed by atoms with Crippen molar-refractivity contribution in [3.05, 3.63) is 21.7 Å². The maximum absolute atomic E-state index is 13.2. The molecule has 2 rings (SSSR count). The highest BCUT2D eigenvalue weighted by Gasteiger charge is 2.18. The fourth-order valence-electron chi connectivity index (χ4n) is 1.96. The van der Waals surface area contributed by atoms with Crippen LogP contribution in [0.2, 0.25) is 0 Å². The number of nitrogens with zero attached hydrogens (tertiary/aromatic N) is 3. The highest BCUT2D eigenvalue weighted by molar-refractivity contribution is 14.1. The van der Waals surface area contributed by atoms with Crippen LogP contribution in [0.25, 0.3) is 0 Å². The van der Waals surface area contributed by atoms with E-state index in [1.54, 1.807) is 0 Å². The second-order valence-electron chi connectivity index (χ2n) is 4.02. The van der Waals surface area contributed by atoms with Gasteiger partial charge in [0.1, 0.15) is 5.82 Å². The molecule has 0 aromatic carbocycles. The van der Waals surface area contributed by atoms with Gasteiger partial charge in [-0.05, 0) is 28.7 Å². The van der Waals surface area contributed by atoms with Crippen molar-refractivity contribution >= 4 is 28.4 Å². The molecule has 0 radical (unpaired) electrons. The SMILES string of the molecule is OCCN1CCN(c2cc(I)cc(F)n2)CC1. The second-order valence-corrected chi connectivity index (χ2v) is 5.26. The second kappa shape index (κ2) is 5.92. The molecule has 1 aliphatic heterocycles. The van der Waals surface area contributed by atoms with Gasteiger partial charge in [-0.2, -0.15) is 4.39 Å². The zero-order valence-electron chi connectivity index (χ0n) is 9.44. The minimum Gasteiger partial charge on any atom is -0.395 e. The molecule has 2 heterocycles. The highest BCUT2D eigenvalue weighted by atomic mass is 127. The van der Waals surface area contributed by atoms with Crippen LogP contribution in [0.15, 0.2) is 12.1 Å². The van der Waals surface area contributed by atoms with Crippen molar-refractivity contribution < 1.29 is 9.50 Å². The molecule has 0 bridgehead atoms. The molecule has 6 heteroatoms. The van der Waals surface area contributed by atoms with Crippen LogP contribution >= 0.6 is 22.6 Å². The molecule has 94 valence electrons. The molecule has 1 aromatic rings. The van der Waals surface area contributed by atoms with Crippen molar-refractivity contribution in [2.45, 2.75) is 0 Å². The van der Waals surface area contributed by atoms with Crippen LogP contribution in [0.3, 0.4) is 0 Å². The molecule has 1 fully saturated rings. The molecule has 1 aliphatic rings. The highest BCUT2D eigenvalue weighted by Crippen LogP contribution is 2.17. The lowest BCUT2D eigenvalue weighted by molar-refractivity contribution is 0.188. The molecule has 17 heavy (non-hydrogen) atoms. The molecule has 0 unspecified atom stereocenters. The summed E-state index contributed by atoms with van der Waals surface area (Å²) >= 11 is 2.09. The number of halogens is 2. The van der Waals surface area contributed by atoms with Crippen molar-refractivity contribution in [2.75, 3.05) is 44.2 Å². The van der Waals surface area contributed by atoms with Gasteiger partial charge in [-0.25, -0.2) is 4.98 Å². The lowest BCUT2D eigenvalue weighted by Crippen LogP contribution is -2.47. The summed E-state index contributed by atoms with van der Waals surface area (Å²) in [6.45, 7) is 4.32. The Hall–Kier alpha value is -0.470. The Morgan fingerprint density at radius 2 is 2.00 bits per heavy atom. The van der Waals surface area contributed by atoms with E-state index in [2.05, 4.69) is 37.4 Å². The molecule has 1 aromatic heterocycles. The van der Waals surface area contributed by atoms with Crippen LogP contribution < -0.4 is 4.90 Å². The Morgan fingerprint density at radius 3 is 2.59 bits per heavy atom. The number of anilines is 1. The number of hydrogen-bond acceptors (Lipinski definition) is 4. The maximum atomic E-state index is 13.2. The summed E-state index contributed by atoms with van der Waals surface area (Å²) in [5.74, 6) is 0.280. The quantitative estimate of drug-likeness (QED) is 0.650. The van der Waals surface area contributed by atoms with Gasteiger partial charge in [0.25, 0.3) is 0 Å². The number of aliphatic hydroxyl groups is 1. The van der Waals surface area contributed by atoms with E-state index in [1.807, 2.05) is 6.07 Å². The summed E-state index contributed by atoms with van der Waals surface area (Å²) in [6, 6.07) is 3.32. The van der Waals surface area contributed by atoms with Gasteiger partial charge < -0.3 is 10.0 Å². The lowest BCUT2D eigenvalue weighted by atomic mass is 10.3. The van der Waals surface area contributed by atoms with E-state index in [-0.39, 0.29) is 6.61 Å². The van der Waals surface area contributed by atoms with E-state index >= 15 is 0 Å². The summed E-state index contributed by atoms with van der Waals surface area (Å²) in [7, 11) is 0. The number of aliphatic hydroxyl groups excluding tert-OH is 1. The Balaban J connectivity index is 2.00. The average molecular weight is 351 g/mol. The molecule has 4 nitrogen and oxygen atoms in total. The third-order valence-corrected chi connectivity index (χ3v) is 3.48. The van der Waals surface area contributed by atoms with E-state index in [0.29, 0.717) is 12.4 Å². The van der Waals surface area contributed by atoms with Gasteiger partial charge in [-0.1, -0.05) is 0 Å². The zero-order chi connectivity index (χ0) is 12.3. The number of aromatic nitrogens is 1. The van der Waals surface area contributed by atoms with Crippen LogP contribution in [0.5, 0.6) is 0 Å². The minimum absolute atomic E-state index is 0.191. The Kier molecular flexibility index (Phi) is 4.52. The molecular weight excluding hydrogens is 336 g/mol. The van der Waals surface area contributed by atoms with E-state index < -0.39 is 5.95 Å². The number of β-amino-alcohol motifs (C(OH)–C–C–N with tert-alkyl or cyclic N) is 1. The smallest absolute Gasteiger partial charge is 0.215 e. The summed E-state index contributed by atoms with van der Waals surface area (Å²) in [5.41, 5.74) is 0. The van der Waals surface area contributed by atoms with Crippen LogP contribution in [0.4, 0.5) is 10.2 Å². The van der Waals surface area contributed by atoms with Crippen molar-refractivity contribution in [3.8, 4) is 0 Å². The van der Waals surface area contributed by atoms with Crippen LogP contribution in [0, 0.1) is 9.52 Å². The fourth-order valence-corrected chi connectivity index (χ4v) is 2.49. The molecule has 0 spiro atoms. The normalized spacial score (nSPS) is 17.5. The van der Waals surface area contributed by atoms with Gasteiger partial charge in [0, 0.05) is 42.4 Å². The van der Waals surface area contributed by atoms with E-state index in [4.69, 9.17) is 5.11 Å². The van der Waals surface area contributed by atoms with Gasteiger partial charge in [0.2, 0.25) is 5.95 Å². The van der Waals surface area contributed by atoms with E-state index in [1.165, 1.54) is 6.07 Å². The first-order valence-corrected chi connectivity index (χ1v) is 6.68. The van der Waals surface area contributed by atoms with Gasteiger partial charge in [-0.3, -0.25) is 4.90 Å². The summed E-state index contributed by atoms with van der Waals surface area (Å²) in [6.07, 6.45) is 0. The first-order valence-electron chi connectivity index (χ1n) is 5.60. The molecule has 0 aliphatic carbocycles. The predicted molar refractivity (Wildman–Crippen MR) is 72.7 cm³/mol. The topological polar surface area (TPSA) is 39.6 Å². The van der Waals surface area contributed by atoms with Crippen molar-refractivity contribution in [2.24, 2.45) is 0 Å². The zero-order valence-corrected chi connectivity index (χ0v) is 11.6. The summed E-state index contributed by atoms with van der Waals surface area (Å²) < 4.78 is 14.1. The standard InChI is InChI=1S/C11H15FIN3O/c12-10-7-9(13)8-11(14-10)16-3-1-15(2-4-16)5-6-17/h7-8,17H,1-6H2. The number of rotatable bonds is 3. The van der Waals surface area contributed by atoms with Crippen molar-refractivity contribution in [1.82, 2.24) is 9.88 Å². The fraction of sp³-hybridized carbons (Fsp3) is 0.545. The van der Waals surface area contributed by atoms with Gasteiger partial charge in [-0.15, -0.1) is 0 Å².